The highest BCUT2D eigenvalue weighted by Crippen LogP contribution is 2.53. The van der Waals surface area contributed by atoms with Crippen molar-refractivity contribution in [1.29, 1.82) is 0 Å². The second-order valence-corrected chi connectivity index (χ2v) is 7.61. The first-order valence-corrected chi connectivity index (χ1v) is 9.30. The van der Waals surface area contributed by atoms with E-state index in [9.17, 15) is 31.1 Å². The van der Waals surface area contributed by atoms with Crippen LogP contribution in [0.4, 0.5) is 32.0 Å². The maximum Gasteiger partial charge on any atom is 0.430 e. The molecule has 0 aliphatic rings. The van der Waals surface area contributed by atoms with Crippen molar-refractivity contribution in [2.75, 3.05) is 12.4 Å². The summed E-state index contributed by atoms with van der Waals surface area (Å²) in [6.45, 7) is 6.51. The van der Waals surface area contributed by atoms with E-state index in [-0.39, 0.29) is 29.2 Å². The molecule has 11 heteroatoms. The molecule has 0 saturated carbocycles. The number of ether oxygens (including phenoxy) is 1. The van der Waals surface area contributed by atoms with Crippen LogP contribution >= 0.6 is 0 Å². The Hall–Kier alpha value is -2.56. The van der Waals surface area contributed by atoms with Crippen molar-refractivity contribution in [1.82, 2.24) is 10.2 Å². The Bertz CT molecular complexity index is 914. The number of alkyl halides is 6. The molecular formula is C20H23F6N3O2. The molecule has 5 nitrogen and oxygen atoms in total. The summed E-state index contributed by atoms with van der Waals surface area (Å²) in [5, 5.41) is 9.04. The van der Waals surface area contributed by atoms with Crippen LogP contribution in [0, 0.1) is 19.8 Å². The number of aromatic nitrogens is 2. The first kappa shape index (κ1) is 24.7. The van der Waals surface area contributed by atoms with E-state index in [0.29, 0.717) is 24.6 Å². The second-order valence-electron chi connectivity index (χ2n) is 7.61. The van der Waals surface area contributed by atoms with Crippen molar-refractivity contribution in [2.24, 2.45) is 5.92 Å². The van der Waals surface area contributed by atoms with Gasteiger partial charge in [-0.05, 0) is 43.9 Å². The average Bonchev–Trinajstić information content (AvgIpc) is 2.93. The van der Waals surface area contributed by atoms with E-state index in [1.165, 1.54) is 0 Å². The number of carbonyl (C=O) groups is 1. The Labute approximate surface area is 175 Å². The van der Waals surface area contributed by atoms with Crippen LogP contribution in [0.5, 0.6) is 0 Å². The normalized spacial score (nSPS) is 13.0. The van der Waals surface area contributed by atoms with Crippen LogP contribution in [0.2, 0.25) is 0 Å². The van der Waals surface area contributed by atoms with Crippen molar-refractivity contribution in [3.8, 4) is 0 Å². The second kappa shape index (κ2) is 8.52. The van der Waals surface area contributed by atoms with E-state index in [2.05, 4.69) is 20.3 Å². The van der Waals surface area contributed by atoms with Crippen LogP contribution in [0.3, 0.4) is 0 Å². The minimum Gasteiger partial charge on any atom is -0.357 e. The summed E-state index contributed by atoms with van der Waals surface area (Å²) in [7, 11) is 0.375. The lowest BCUT2D eigenvalue weighted by Gasteiger charge is -2.37. The lowest BCUT2D eigenvalue weighted by Crippen LogP contribution is -2.55. The van der Waals surface area contributed by atoms with Crippen LogP contribution < -0.4 is 5.32 Å². The van der Waals surface area contributed by atoms with Crippen LogP contribution in [-0.2, 0) is 16.8 Å². The third kappa shape index (κ3) is 4.56. The van der Waals surface area contributed by atoms with Gasteiger partial charge < -0.3 is 10.1 Å². The molecule has 0 unspecified atom stereocenters. The zero-order valence-electron chi connectivity index (χ0n) is 17.5. The first-order chi connectivity index (χ1) is 14.2. The molecule has 1 aromatic heterocycles. The number of nitrogens with one attached hydrogen (secondary N) is 2. The smallest absolute Gasteiger partial charge is 0.357 e. The monoisotopic (exact) mass is 451 g/mol. The van der Waals surface area contributed by atoms with Crippen molar-refractivity contribution in [3.63, 3.8) is 0 Å². The van der Waals surface area contributed by atoms with Gasteiger partial charge in [0.05, 0.1) is 11.3 Å². The largest absolute Gasteiger partial charge is 0.430 e. The van der Waals surface area contributed by atoms with Gasteiger partial charge in [0.15, 0.2) is 0 Å². The van der Waals surface area contributed by atoms with Gasteiger partial charge in [-0.2, -0.15) is 31.4 Å². The van der Waals surface area contributed by atoms with Gasteiger partial charge in [-0.25, -0.2) is 0 Å². The van der Waals surface area contributed by atoms with Gasteiger partial charge in [0.2, 0.25) is 0 Å². The van der Waals surface area contributed by atoms with Gasteiger partial charge in [0.25, 0.3) is 11.5 Å². The summed E-state index contributed by atoms with van der Waals surface area (Å²) < 4.78 is 86.5. The molecule has 2 rings (SSSR count). The Morgan fingerprint density at radius 1 is 1.13 bits per heavy atom. The molecule has 2 aromatic rings. The molecule has 2 N–H and O–H groups in total. The SMILES string of the molecule is COC(c1ccc(NC(=O)c2c(C)n[nH]c2C)cc1CC(C)C)(C(F)(F)F)C(F)(F)F. The van der Waals surface area contributed by atoms with Gasteiger partial charge in [-0.1, -0.05) is 19.9 Å². The predicted molar refractivity (Wildman–Crippen MR) is 102 cm³/mol. The van der Waals surface area contributed by atoms with Crippen molar-refractivity contribution >= 4 is 11.6 Å². The third-order valence-corrected chi connectivity index (χ3v) is 4.83. The highest BCUT2D eigenvalue weighted by molar-refractivity contribution is 6.05. The summed E-state index contributed by atoms with van der Waals surface area (Å²) in [6, 6.07) is 2.81. The molecule has 0 radical (unpaired) electrons. The number of rotatable bonds is 6. The summed E-state index contributed by atoms with van der Waals surface area (Å²) in [4.78, 5) is 12.6. The van der Waals surface area contributed by atoms with Crippen molar-refractivity contribution < 1.29 is 35.9 Å². The van der Waals surface area contributed by atoms with E-state index < -0.39 is 29.4 Å². The minimum absolute atomic E-state index is 0.0544. The Balaban J connectivity index is 2.61. The lowest BCUT2D eigenvalue weighted by atomic mass is 9.84. The van der Waals surface area contributed by atoms with Gasteiger partial charge in [0.1, 0.15) is 0 Å². The third-order valence-electron chi connectivity index (χ3n) is 4.83. The summed E-state index contributed by atoms with van der Waals surface area (Å²) in [5.41, 5.74) is -4.61. The van der Waals surface area contributed by atoms with E-state index >= 15 is 0 Å². The molecular weight excluding hydrogens is 428 g/mol. The predicted octanol–water partition coefficient (Wildman–Crippen LogP) is 5.44. The molecule has 0 spiro atoms. The first-order valence-electron chi connectivity index (χ1n) is 9.30. The number of anilines is 1. The van der Waals surface area contributed by atoms with Crippen molar-refractivity contribution in [3.05, 3.63) is 46.3 Å². The number of aromatic amines is 1. The highest BCUT2D eigenvalue weighted by atomic mass is 19.4. The van der Waals surface area contributed by atoms with Gasteiger partial charge in [0, 0.05) is 24.1 Å². The Morgan fingerprint density at radius 2 is 1.71 bits per heavy atom. The highest BCUT2D eigenvalue weighted by Gasteiger charge is 2.73. The number of amides is 1. The fourth-order valence-corrected chi connectivity index (χ4v) is 3.51. The molecule has 0 bridgehead atoms. The molecule has 0 aliphatic heterocycles. The van der Waals surface area contributed by atoms with Gasteiger partial charge in [-0.3, -0.25) is 9.89 Å². The number of aryl methyl sites for hydroxylation is 2. The zero-order valence-corrected chi connectivity index (χ0v) is 17.5. The van der Waals surface area contributed by atoms with Crippen LogP contribution in [0.25, 0.3) is 0 Å². The van der Waals surface area contributed by atoms with E-state index in [1.54, 1.807) is 27.7 Å². The van der Waals surface area contributed by atoms with Crippen LogP contribution in [-0.4, -0.2) is 35.6 Å². The number of carbonyl (C=O) groups excluding carboxylic acids is 1. The quantitative estimate of drug-likeness (QED) is 0.575. The molecule has 1 amide bonds. The van der Waals surface area contributed by atoms with E-state index in [4.69, 9.17) is 0 Å². The fourth-order valence-electron chi connectivity index (χ4n) is 3.51. The number of methoxy groups -OCH3 is 1. The summed E-state index contributed by atoms with van der Waals surface area (Å²) in [5.74, 6) is -0.851. The Morgan fingerprint density at radius 3 is 2.13 bits per heavy atom. The molecule has 0 fully saturated rings. The minimum atomic E-state index is -5.76. The van der Waals surface area contributed by atoms with Crippen LogP contribution in [0.15, 0.2) is 18.2 Å². The number of hydrogen-bond acceptors (Lipinski definition) is 3. The molecule has 1 aromatic carbocycles. The maximum absolute atomic E-state index is 13.7. The summed E-state index contributed by atoms with van der Waals surface area (Å²) >= 11 is 0. The maximum atomic E-state index is 13.7. The number of halogens is 6. The lowest BCUT2D eigenvalue weighted by molar-refractivity contribution is -0.383. The number of benzene rings is 1. The number of hydrogen-bond donors (Lipinski definition) is 2. The topological polar surface area (TPSA) is 67.0 Å². The number of H-pyrrole nitrogens is 1. The molecule has 172 valence electrons. The van der Waals surface area contributed by atoms with Gasteiger partial charge >= 0.3 is 12.4 Å². The zero-order chi connectivity index (χ0) is 23.8. The van der Waals surface area contributed by atoms with E-state index in [1.807, 2.05) is 0 Å². The molecule has 31 heavy (non-hydrogen) atoms. The molecule has 1 heterocycles. The fraction of sp³-hybridized carbons (Fsp3) is 0.500. The molecule has 0 atom stereocenters. The van der Waals surface area contributed by atoms with Crippen molar-refractivity contribution in [2.45, 2.75) is 52.1 Å². The standard InChI is InChI=1S/C20H23F6N3O2/c1-10(2)8-13-9-14(27-17(30)16-11(3)28-29-12(16)4)6-7-15(13)18(31-5,19(21,22)23)20(24,25)26/h6-7,9-10H,8H2,1-5H3,(H,27,30)(H,28,29). The van der Waals surface area contributed by atoms with E-state index in [0.717, 1.165) is 12.1 Å². The summed E-state index contributed by atoms with van der Waals surface area (Å²) in [6.07, 6.45) is -11.6. The molecule has 0 aliphatic carbocycles. The van der Waals surface area contributed by atoms with Gasteiger partial charge in [-0.15, -0.1) is 0 Å². The average molecular weight is 451 g/mol. The molecule has 0 saturated heterocycles. The van der Waals surface area contributed by atoms with Crippen LogP contribution in [0.1, 0.15) is 46.7 Å². The Kier molecular flexibility index (Phi) is 6.79. The number of nitrogens with zero attached hydrogens (tertiary/aromatic N) is 1.